The predicted molar refractivity (Wildman–Crippen MR) is 93.5 cm³/mol. The lowest BCUT2D eigenvalue weighted by molar-refractivity contribution is -0.137. The molecule has 0 aliphatic carbocycles. The molecule has 0 saturated carbocycles. The molecule has 0 aliphatic heterocycles. The van der Waals surface area contributed by atoms with Crippen LogP contribution in [0.15, 0.2) is 33.2 Å². The van der Waals surface area contributed by atoms with Crippen molar-refractivity contribution in [3.63, 3.8) is 0 Å². The van der Waals surface area contributed by atoms with Crippen LogP contribution in [0.4, 0.5) is 13.2 Å². The van der Waals surface area contributed by atoms with Gasteiger partial charge in [-0.15, -0.1) is 11.3 Å². The molecule has 0 saturated heterocycles. The normalized spacial score (nSPS) is 11.6. The number of alkyl halides is 3. The summed E-state index contributed by atoms with van der Waals surface area (Å²) in [6, 6.07) is 2.74. The molecule has 0 fully saturated rings. The van der Waals surface area contributed by atoms with Crippen molar-refractivity contribution in [2.24, 2.45) is 0 Å². The summed E-state index contributed by atoms with van der Waals surface area (Å²) in [6.07, 6.45) is -3.78. The van der Waals surface area contributed by atoms with Crippen LogP contribution in [0.5, 0.6) is 0 Å². The fourth-order valence-electron chi connectivity index (χ4n) is 1.69. The lowest BCUT2D eigenvalue weighted by Gasteiger charge is -2.16. The molecule has 0 bridgehead atoms. The van der Waals surface area contributed by atoms with Crippen molar-refractivity contribution in [2.75, 3.05) is 12.8 Å². The Morgan fingerprint density at radius 3 is 2.71 bits per heavy atom. The zero-order valence-corrected chi connectivity index (χ0v) is 16.2. The number of thioether (sulfide) groups is 1. The molecule has 10 heteroatoms. The third kappa shape index (κ3) is 5.37. The van der Waals surface area contributed by atoms with Crippen LogP contribution in [0.2, 0.25) is 5.02 Å². The van der Waals surface area contributed by atoms with Crippen molar-refractivity contribution >= 4 is 56.5 Å². The second-order valence-electron chi connectivity index (χ2n) is 4.78. The van der Waals surface area contributed by atoms with Crippen LogP contribution in [-0.4, -0.2) is 28.6 Å². The number of aromatic nitrogens is 1. The summed E-state index contributed by atoms with van der Waals surface area (Å²) >= 11 is 11.7. The Balaban J connectivity index is 1.93. The van der Waals surface area contributed by atoms with Gasteiger partial charge in [-0.2, -0.15) is 13.2 Å². The minimum absolute atomic E-state index is 0.0428. The minimum Gasteiger partial charge on any atom is -0.340 e. The van der Waals surface area contributed by atoms with E-state index in [-0.39, 0.29) is 21.7 Å². The van der Waals surface area contributed by atoms with E-state index in [4.69, 9.17) is 11.6 Å². The highest BCUT2D eigenvalue weighted by Crippen LogP contribution is 2.33. The number of nitrogens with zero attached hydrogens (tertiary/aromatic N) is 2. The molecule has 2 aromatic heterocycles. The van der Waals surface area contributed by atoms with E-state index in [1.165, 1.54) is 11.3 Å². The van der Waals surface area contributed by atoms with E-state index in [1.807, 2.05) is 11.4 Å². The quantitative estimate of drug-likeness (QED) is 0.567. The molecule has 130 valence electrons. The van der Waals surface area contributed by atoms with Crippen LogP contribution in [0, 0.1) is 0 Å². The number of carbonyl (C=O) groups excluding carboxylic acids is 1. The Morgan fingerprint density at radius 1 is 1.46 bits per heavy atom. The van der Waals surface area contributed by atoms with Gasteiger partial charge in [0.2, 0.25) is 5.91 Å². The summed E-state index contributed by atoms with van der Waals surface area (Å²) in [7, 11) is 1.66. The standard InChI is InChI=1S/C14H11BrClF3N2OS2/c1-21(5-10-3-9(15)6-23-10)12(22)7-24-13-11(16)2-8(4-20-13)14(17,18)19/h2-4,6H,5,7H2,1H3. The van der Waals surface area contributed by atoms with Gasteiger partial charge in [-0.3, -0.25) is 4.79 Å². The zero-order chi connectivity index (χ0) is 17.9. The van der Waals surface area contributed by atoms with Gasteiger partial charge in [-0.05, 0) is 28.1 Å². The highest BCUT2D eigenvalue weighted by atomic mass is 79.9. The fraction of sp³-hybridized carbons (Fsp3) is 0.286. The Hall–Kier alpha value is -0.770. The largest absolute Gasteiger partial charge is 0.417 e. The molecule has 0 aromatic carbocycles. The van der Waals surface area contributed by atoms with Crippen LogP contribution >= 0.6 is 50.6 Å². The van der Waals surface area contributed by atoms with Gasteiger partial charge in [-0.1, -0.05) is 23.4 Å². The highest BCUT2D eigenvalue weighted by molar-refractivity contribution is 9.10. The molecule has 3 nitrogen and oxygen atoms in total. The van der Waals surface area contributed by atoms with Crippen molar-refractivity contribution in [1.29, 1.82) is 0 Å². The Bertz CT molecular complexity index is 739. The van der Waals surface area contributed by atoms with Gasteiger partial charge in [0.25, 0.3) is 0 Å². The first kappa shape index (κ1) is 19.6. The second-order valence-corrected chi connectivity index (χ2v) is 8.06. The van der Waals surface area contributed by atoms with Crippen LogP contribution in [0.1, 0.15) is 10.4 Å². The zero-order valence-electron chi connectivity index (χ0n) is 12.2. The molecule has 0 unspecified atom stereocenters. The molecule has 24 heavy (non-hydrogen) atoms. The van der Waals surface area contributed by atoms with Crippen molar-refractivity contribution in [1.82, 2.24) is 9.88 Å². The SMILES string of the molecule is CN(Cc1cc(Br)cs1)C(=O)CSc1ncc(C(F)(F)F)cc1Cl. The molecule has 2 aromatic rings. The van der Waals surface area contributed by atoms with E-state index in [2.05, 4.69) is 20.9 Å². The number of hydrogen-bond acceptors (Lipinski definition) is 4. The molecule has 0 atom stereocenters. The molecular formula is C14H11BrClF3N2OS2. The molecule has 1 amide bonds. The molecule has 0 aliphatic rings. The van der Waals surface area contributed by atoms with Crippen LogP contribution in [0.3, 0.4) is 0 Å². The van der Waals surface area contributed by atoms with Crippen LogP contribution < -0.4 is 0 Å². The monoisotopic (exact) mass is 458 g/mol. The first-order valence-corrected chi connectivity index (χ1v) is 9.53. The highest BCUT2D eigenvalue weighted by Gasteiger charge is 2.31. The Kier molecular flexibility index (Phi) is 6.58. The first-order valence-electron chi connectivity index (χ1n) is 6.49. The first-order chi connectivity index (χ1) is 11.2. The maximum absolute atomic E-state index is 12.6. The summed E-state index contributed by atoms with van der Waals surface area (Å²) in [6.45, 7) is 0.462. The number of hydrogen-bond donors (Lipinski definition) is 0. The average molecular weight is 460 g/mol. The Labute approximate surface area is 158 Å². The molecular weight excluding hydrogens is 449 g/mol. The van der Waals surface area contributed by atoms with E-state index in [0.29, 0.717) is 12.7 Å². The van der Waals surface area contributed by atoms with E-state index in [1.54, 1.807) is 11.9 Å². The van der Waals surface area contributed by atoms with Crippen molar-refractivity contribution in [3.05, 3.63) is 43.6 Å². The summed E-state index contributed by atoms with van der Waals surface area (Å²) < 4.78 is 38.6. The summed E-state index contributed by atoms with van der Waals surface area (Å²) in [5.41, 5.74) is -0.913. The smallest absolute Gasteiger partial charge is 0.340 e. The summed E-state index contributed by atoms with van der Waals surface area (Å²) in [4.78, 5) is 18.4. The van der Waals surface area contributed by atoms with E-state index < -0.39 is 11.7 Å². The van der Waals surface area contributed by atoms with Gasteiger partial charge in [-0.25, -0.2) is 4.98 Å². The average Bonchev–Trinajstić information content (AvgIpc) is 2.89. The van der Waals surface area contributed by atoms with Crippen molar-refractivity contribution < 1.29 is 18.0 Å². The minimum atomic E-state index is -4.50. The van der Waals surface area contributed by atoms with Crippen molar-refractivity contribution in [2.45, 2.75) is 17.7 Å². The summed E-state index contributed by atoms with van der Waals surface area (Å²) in [5, 5.41) is 2.01. The van der Waals surface area contributed by atoms with Gasteiger partial charge in [0, 0.05) is 28.0 Å². The molecule has 0 N–H and O–H groups in total. The number of pyridine rings is 1. The molecule has 2 heterocycles. The number of carbonyl (C=O) groups is 1. The Morgan fingerprint density at radius 2 is 2.17 bits per heavy atom. The molecule has 0 spiro atoms. The predicted octanol–water partition coefficient (Wildman–Crippen LogP) is 5.33. The van der Waals surface area contributed by atoms with Crippen LogP contribution in [-0.2, 0) is 17.5 Å². The maximum atomic E-state index is 12.6. The number of halogens is 5. The molecule has 2 rings (SSSR count). The third-order valence-corrected chi connectivity index (χ3v) is 5.98. The topological polar surface area (TPSA) is 33.2 Å². The van der Waals surface area contributed by atoms with E-state index >= 15 is 0 Å². The lowest BCUT2D eigenvalue weighted by Crippen LogP contribution is -2.27. The van der Waals surface area contributed by atoms with Gasteiger partial charge in [0.05, 0.1) is 22.9 Å². The number of thiophene rings is 1. The fourth-order valence-corrected chi connectivity index (χ4v) is 4.32. The van der Waals surface area contributed by atoms with Gasteiger partial charge in [0.1, 0.15) is 5.03 Å². The number of amides is 1. The van der Waals surface area contributed by atoms with Gasteiger partial charge < -0.3 is 4.90 Å². The van der Waals surface area contributed by atoms with Gasteiger partial charge in [0.15, 0.2) is 0 Å². The van der Waals surface area contributed by atoms with E-state index in [0.717, 1.165) is 27.2 Å². The maximum Gasteiger partial charge on any atom is 0.417 e. The van der Waals surface area contributed by atoms with Gasteiger partial charge >= 0.3 is 6.18 Å². The second kappa shape index (κ2) is 8.07. The number of rotatable bonds is 5. The van der Waals surface area contributed by atoms with Crippen molar-refractivity contribution in [3.8, 4) is 0 Å². The summed E-state index contributed by atoms with van der Waals surface area (Å²) in [5.74, 6) is -0.122. The lowest BCUT2D eigenvalue weighted by atomic mass is 10.3. The third-order valence-electron chi connectivity index (χ3n) is 2.91. The molecule has 0 radical (unpaired) electrons. The van der Waals surface area contributed by atoms with E-state index in [9.17, 15) is 18.0 Å². The van der Waals surface area contributed by atoms with Crippen LogP contribution in [0.25, 0.3) is 0 Å².